The highest BCUT2D eigenvalue weighted by molar-refractivity contribution is 5.17. The first-order chi connectivity index (χ1) is 10.5. The summed E-state index contributed by atoms with van der Waals surface area (Å²) in [5, 5.41) is 10.7. The number of ether oxygens (including phenoxy) is 5. The molecule has 4 rings (SSSR count). The van der Waals surface area contributed by atoms with E-state index >= 15 is 0 Å². The summed E-state index contributed by atoms with van der Waals surface area (Å²) >= 11 is 0. The highest BCUT2D eigenvalue weighted by Crippen LogP contribution is 2.44. The number of rotatable bonds is 1. The molecule has 0 amide bonds. The first-order valence-corrected chi connectivity index (χ1v) is 7.51. The molecule has 3 heterocycles. The largest absolute Gasteiger partial charge is 0.385 e. The van der Waals surface area contributed by atoms with Gasteiger partial charge in [-0.25, -0.2) is 0 Å². The molecule has 1 spiro atoms. The smallest absolute Gasteiger partial charge is 0.224 e. The molecular formula is C16H20O6. The van der Waals surface area contributed by atoms with E-state index in [-0.39, 0.29) is 12.7 Å². The standard InChI is InChI=1S/C16H20O6/c1-15(2)19-9-16(22-15)13(17)12-11(8-18-16)20-14(21-12)10-6-4-3-5-7-10/h3-7,11-14,17H,8-9H2,1-2H3. The predicted molar refractivity (Wildman–Crippen MR) is 74.7 cm³/mol. The van der Waals surface area contributed by atoms with Crippen molar-refractivity contribution in [3.05, 3.63) is 35.9 Å². The van der Waals surface area contributed by atoms with Crippen LogP contribution in [0.2, 0.25) is 0 Å². The molecule has 0 saturated carbocycles. The van der Waals surface area contributed by atoms with E-state index in [0.717, 1.165) is 5.56 Å². The average Bonchev–Trinajstić information content (AvgIpc) is 3.07. The number of hydrogen-bond acceptors (Lipinski definition) is 6. The molecule has 1 aromatic rings. The summed E-state index contributed by atoms with van der Waals surface area (Å²) in [5.74, 6) is -1.97. The molecule has 3 aliphatic heterocycles. The van der Waals surface area contributed by atoms with Crippen molar-refractivity contribution in [2.24, 2.45) is 0 Å². The monoisotopic (exact) mass is 308 g/mol. The quantitative estimate of drug-likeness (QED) is 0.844. The second-order valence-corrected chi connectivity index (χ2v) is 6.38. The molecule has 3 fully saturated rings. The van der Waals surface area contributed by atoms with Crippen molar-refractivity contribution in [1.82, 2.24) is 0 Å². The van der Waals surface area contributed by atoms with Crippen LogP contribution in [-0.2, 0) is 23.7 Å². The Hall–Kier alpha value is -1.02. The molecule has 6 nitrogen and oxygen atoms in total. The molecular weight excluding hydrogens is 288 g/mol. The van der Waals surface area contributed by atoms with Crippen LogP contribution in [0.15, 0.2) is 30.3 Å². The van der Waals surface area contributed by atoms with Gasteiger partial charge < -0.3 is 28.8 Å². The van der Waals surface area contributed by atoms with Crippen molar-refractivity contribution in [2.75, 3.05) is 13.2 Å². The van der Waals surface area contributed by atoms with Crippen LogP contribution >= 0.6 is 0 Å². The molecule has 0 radical (unpaired) electrons. The molecule has 3 aliphatic rings. The lowest BCUT2D eigenvalue weighted by molar-refractivity contribution is -0.326. The Labute approximate surface area is 128 Å². The topological polar surface area (TPSA) is 66.4 Å². The minimum Gasteiger partial charge on any atom is -0.385 e. The van der Waals surface area contributed by atoms with Gasteiger partial charge in [-0.05, 0) is 13.8 Å². The molecule has 1 aromatic carbocycles. The second-order valence-electron chi connectivity index (χ2n) is 6.38. The second kappa shape index (κ2) is 4.99. The molecule has 1 N–H and O–H groups in total. The van der Waals surface area contributed by atoms with E-state index in [1.54, 1.807) is 13.8 Å². The van der Waals surface area contributed by atoms with Crippen molar-refractivity contribution in [3.8, 4) is 0 Å². The maximum Gasteiger partial charge on any atom is 0.224 e. The zero-order chi connectivity index (χ0) is 15.4. The summed E-state index contributed by atoms with van der Waals surface area (Å²) in [7, 11) is 0. The number of fused-ring (bicyclic) bond motifs is 1. The van der Waals surface area contributed by atoms with Crippen LogP contribution in [0.5, 0.6) is 0 Å². The molecule has 0 bridgehead atoms. The summed E-state index contributed by atoms with van der Waals surface area (Å²) in [5.41, 5.74) is 0.919. The predicted octanol–water partition coefficient (Wildman–Crippen LogP) is 1.34. The molecule has 0 aliphatic carbocycles. The third kappa shape index (κ3) is 2.27. The Kier molecular flexibility index (Phi) is 3.30. The van der Waals surface area contributed by atoms with Gasteiger partial charge in [0.15, 0.2) is 12.1 Å². The first-order valence-electron chi connectivity index (χ1n) is 7.51. The first kappa shape index (κ1) is 14.6. The van der Waals surface area contributed by atoms with Gasteiger partial charge in [-0.15, -0.1) is 0 Å². The Bertz CT molecular complexity index is 547. The Balaban J connectivity index is 1.54. The Morgan fingerprint density at radius 2 is 1.86 bits per heavy atom. The molecule has 5 unspecified atom stereocenters. The van der Waals surface area contributed by atoms with Crippen LogP contribution in [0.25, 0.3) is 0 Å². The number of aliphatic hydroxyl groups is 1. The van der Waals surface area contributed by atoms with Crippen LogP contribution in [0.3, 0.4) is 0 Å². The van der Waals surface area contributed by atoms with Crippen molar-refractivity contribution in [3.63, 3.8) is 0 Å². The minimum atomic E-state index is -1.18. The van der Waals surface area contributed by atoms with Gasteiger partial charge in [-0.1, -0.05) is 30.3 Å². The molecule has 0 aromatic heterocycles. The summed E-state index contributed by atoms with van der Waals surface area (Å²) in [6.07, 6.45) is -2.30. The summed E-state index contributed by atoms with van der Waals surface area (Å²) in [6.45, 7) is 4.06. The van der Waals surface area contributed by atoms with Gasteiger partial charge in [-0.2, -0.15) is 0 Å². The number of hydrogen-bond donors (Lipinski definition) is 1. The molecule has 22 heavy (non-hydrogen) atoms. The summed E-state index contributed by atoms with van der Waals surface area (Å²) in [6, 6.07) is 9.65. The van der Waals surface area contributed by atoms with Crippen molar-refractivity contribution < 1.29 is 28.8 Å². The van der Waals surface area contributed by atoms with Crippen LogP contribution in [0.1, 0.15) is 25.7 Å². The van der Waals surface area contributed by atoms with Gasteiger partial charge in [0.2, 0.25) is 5.79 Å². The summed E-state index contributed by atoms with van der Waals surface area (Å²) in [4.78, 5) is 0. The Morgan fingerprint density at radius 1 is 1.09 bits per heavy atom. The SMILES string of the molecule is CC1(C)OCC2(OCC3OC(c4ccccc4)OC3C2O)O1. The molecule has 120 valence electrons. The van der Waals surface area contributed by atoms with E-state index in [1.807, 2.05) is 30.3 Å². The molecule has 5 atom stereocenters. The van der Waals surface area contributed by atoms with Crippen molar-refractivity contribution in [1.29, 1.82) is 0 Å². The van der Waals surface area contributed by atoms with Crippen molar-refractivity contribution >= 4 is 0 Å². The number of aliphatic hydroxyl groups excluding tert-OH is 1. The zero-order valence-corrected chi connectivity index (χ0v) is 12.6. The third-order valence-corrected chi connectivity index (χ3v) is 4.31. The van der Waals surface area contributed by atoms with E-state index in [1.165, 1.54) is 0 Å². The normalized spacial score (nSPS) is 43.4. The van der Waals surface area contributed by atoms with Gasteiger partial charge in [0.05, 0.1) is 6.61 Å². The van der Waals surface area contributed by atoms with Crippen LogP contribution in [0, 0.1) is 0 Å². The average molecular weight is 308 g/mol. The lowest BCUT2D eigenvalue weighted by Gasteiger charge is -2.41. The Morgan fingerprint density at radius 3 is 2.55 bits per heavy atom. The van der Waals surface area contributed by atoms with Gasteiger partial charge in [0.1, 0.15) is 24.9 Å². The zero-order valence-electron chi connectivity index (χ0n) is 12.6. The number of benzene rings is 1. The third-order valence-electron chi connectivity index (χ3n) is 4.31. The van der Waals surface area contributed by atoms with E-state index in [0.29, 0.717) is 6.61 Å². The lowest BCUT2D eigenvalue weighted by atomic mass is 9.97. The van der Waals surface area contributed by atoms with Crippen LogP contribution in [0.4, 0.5) is 0 Å². The molecule has 3 saturated heterocycles. The maximum absolute atomic E-state index is 10.7. The minimum absolute atomic E-state index is 0.170. The molecule has 6 heteroatoms. The van der Waals surface area contributed by atoms with Crippen molar-refractivity contribution in [2.45, 2.75) is 50.0 Å². The summed E-state index contributed by atoms with van der Waals surface area (Å²) < 4.78 is 28.9. The fourth-order valence-corrected chi connectivity index (χ4v) is 3.20. The van der Waals surface area contributed by atoms with Gasteiger partial charge in [-0.3, -0.25) is 0 Å². The lowest BCUT2D eigenvalue weighted by Crippen LogP contribution is -2.61. The van der Waals surface area contributed by atoms with Crippen LogP contribution in [-0.4, -0.2) is 48.2 Å². The van der Waals surface area contributed by atoms with E-state index in [2.05, 4.69) is 0 Å². The van der Waals surface area contributed by atoms with Gasteiger partial charge >= 0.3 is 0 Å². The van der Waals surface area contributed by atoms with E-state index in [9.17, 15) is 5.11 Å². The van der Waals surface area contributed by atoms with E-state index < -0.39 is 30.1 Å². The fraction of sp³-hybridized carbons (Fsp3) is 0.625. The van der Waals surface area contributed by atoms with Crippen LogP contribution < -0.4 is 0 Å². The van der Waals surface area contributed by atoms with Gasteiger partial charge in [0, 0.05) is 5.56 Å². The fourth-order valence-electron chi connectivity index (χ4n) is 3.20. The highest BCUT2D eigenvalue weighted by atomic mass is 16.9. The highest BCUT2D eigenvalue weighted by Gasteiger charge is 2.61. The van der Waals surface area contributed by atoms with E-state index in [4.69, 9.17) is 23.7 Å². The maximum atomic E-state index is 10.7. The van der Waals surface area contributed by atoms with Gasteiger partial charge in [0.25, 0.3) is 0 Å².